The summed E-state index contributed by atoms with van der Waals surface area (Å²) in [6, 6.07) is 5.95. The maximum Gasteiger partial charge on any atom is 0.191 e. The van der Waals surface area contributed by atoms with Gasteiger partial charge in [-0.2, -0.15) is 0 Å². The fourth-order valence-corrected chi connectivity index (χ4v) is 3.47. The number of nitrogens with zero attached hydrogens (tertiary/aromatic N) is 1. The van der Waals surface area contributed by atoms with Gasteiger partial charge in [0.2, 0.25) is 0 Å². The Kier molecular flexibility index (Phi) is 6.05. The van der Waals surface area contributed by atoms with Crippen molar-refractivity contribution in [2.75, 3.05) is 27.3 Å². The van der Waals surface area contributed by atoms with Gasteiger partial charge in [0.1, 0.15) is 0 Å². The van der Waals surface area contributed by atoms with Gasteiger partial charge in [0, 0.05) is 13.1 Å². The molecule has 1 aromatic carbocycles. The summed E-state index contributed by atoms with van der Waals surface area (Å²) in [6.45, 7) is 4.64. The first-order valence-corrected chi connectivity index (χ1v) is 9.48. The lowest BCUT2D eigenvalue weighted by Gasteiger charge is -2.18. The third kappa shape index (κ3) is 5.03. The van der Waals surface area contributed by atoms with Crippen LogP contribution in [-0.4, -0.2) is 33.3 Å². The number of rotatable bonds is 9. The lowest BCUT2D eigenvalue weighted by atomic mass is 9.98. The third-order valence-corrected chi connectivity index (χ3v) is 5.17. The first-order chi connectivity index (χ1) is 12.2. The molecule has 3 rings (SSSR count). The summed E-state index contributed by atoms with van der Waals surface area (Å²) in [5.41, 5.74) is 1.11. The summed E-state index contributed by atoms with van der Waals surface area (Å²) in [6.07, 6.45) is 5.68. The van der Waals surface area contributed by atoms with Gasteiger partial charge in [0.25, 0.3) is 0 Å². The standard InChI is InChI=1S/C20H31N3O2/c1-4-21-20(23-13-17(15-6-7-15)16-8-9-16)22-12-14-5-10-18(24-2)19(11-14)25-3/h5,10-11,15-17H,4,6-9,12-13H2,1-3H3,(H2,21,22,23). The van der Waals surface area contributed by atoms with Crippen molar-refractivity contribution in [2.24, 2.45) is 22.7 Å². The van der Waals surface area contributed by atoms with Crippen molar-refractivity contribution >= 4 is 5.96 Å². The molecule has 2 aliphatic rings. The van der Waals surface area contributed by atoms with Gasteiger partial charge in [-0.05, 0) is 68.1 Å². The highest BCUT2D eigenvalue weighted by Crippen LogP contribution is 2.48. The Balaban J connectivity index is 1.59. The topological polar surface area (TPSA) is 54.9 Å². The molecule has 2 aliphatic carbocycles. The van der Waals surface area contributed by atoms with Crippen LogP contribution in [0.3, 0.4) is 0 Å². The number of methoxy groups -OCH3 is 2. The van der Waals surface area contributed by atoms with Crippen LogP contribution >= 0.6 is 0 Å². The van der Waals surface area contributed by atoms with Gasteiger partial charge in [0.15, 0.2) is 17.5 Å². The van der Waals surface area contributed by atoms with Gasteiger partial charge in [-0.1, -0.05) is 6.07 Å². The van der Waals surface area contributed by atoms with Gasteiger partial charge < -0.3 is 20.1 Å². The van der Waals surface area contributed by atoms with Crippen LogP contribution in [0.5, 0.6) is 11.5 Å². The smallest absolute Gasteiger partial charge is 0.191 e. The minimum Gasteiger partial charge on any atom is -0.493 e. The normalized spacial score (nSPS) is 17.5. The van der Waals surface area contributed by atoms with Gasteiger partial charge in [-0.15, -0.1) is 0 Å². The summed E-state index contributed by atoms with van der Waals surface area (Å²) in [7, 11) is 3.31. The Morgan fingerprint density at radius 1 is 1.08 bits per heavy atom. The van der Waals surface area contributed by atoms with E-state index in [4.69, 9.17) is 14.5 Å². The summed E-state index contributed by atoms with van der Waals surface area (Å²) in [5, 5.41) is 6.93. The summed E-state index contributed by atoms with van der Waals surface area (Å²) >= 11 is 0. The van der Waals surface area contributed by atoms with Gasteiger partial charge in [-0.25, -0.2) is 4.99 Å². The van der Waals surface area contributed by atoms with E-state index in [9.17, 15) is 0 Å². The third-order valence-electron chi connectivity index (χ3n) is 5.17. The van der Waals surface area contributed by atoms with Crippen molar-refractivity contribution in [3.05, 3.63) is 23.8 Å². The van der Waals surface area contributed by atoms with Crippen LogP contribution < -0.4 is 20.1 Å². The zero-order valence-electron chi connectivity index (χ0n) is 15.7. The predicted molar refractivity (Wildman–Crippen MR) is 101 cm³/mol. The molecule has 0 amide bonds. The second-order valence-corrected chi connectivity index (χ2v) is 7.10. The molecular formula is C20H31N3O2. The van der Waals surface area contributed by atoms with Crippen LogP contribution in [-0.2, 0) is 6.54 Å². The molecule has 2 fully saturated rings. The quantitative estimate of drug-likeness (QED) is 0.533. The predicted octanol–water partition coefficient (Wildman–Crippen LogP) is 3.20. The van der Waals surface area contributed by atoms with E-state index in [1.807, 2.05) is 18.2 Å². The average Bonchev–Trinajstić information content (AvgIpc) is 3.53. The number of ether oxygens (including phenoxy) is 2. The van der Waals surface area contributed by atoms with E-state index in [1.54, 1.807) is 14.2 Å². The van der Waals surface area contributed by atoms with E-state index >= 15 is 0 Å². The minimum atomic E-state index is 0.618. The SMILES string of the molecule is CCNC(=NCc1ccc(OC)c(OC)c1)NCC(C1CC1)C1CC1. The molecule has 2 N–H and O–H groups in total. The van der Waals surface area contributed by atoms with Crippen molar-refractivity contribution in [3.8, 4) is 11.5 Å². The van der Waals surface area contributed by atoms with Crippen LogP contribution in [0.4, 0.5) is 0 Å². The number of hydrogen-bond acceptors (Lipinski definition) is 3. The van der Waals surface area contributed by atoms with Crippen molar-refractivity contribution in [2.45, 2.75) is 39.2 Å². The van der Waals surface area contributed by atoms with Crippen molar-refractivity contribution < 1.29 is 9.47 Å². The Bertz CT molecular complexity index is 583. The molecule has 2 saturated carbocycles. The fourth-order valence-electron chi connectivity index (χ4n) is 3.47. The van der Waals surface area contributed by atoms with Gasteiger partial charge in [0.05, 0.1) is 20.8 Å². The molecule has 25 heavy (non-hydrogen) atoms. The molecule has 0 unspecified atom stereocenters. The van der Waals surface area contributed by atoms with Crippen molar-refractivity contribution in [3.63, 3.8) is 0 Å². The minimum absolute atomic E-state index is 0.618. The van der Waals surface area contributed by atoms with Gasteiger partial charge in [-0.3, -0.25) is 0 Å². The Morgan fingerprint density at radius 2 is 1.76 bits per heavy atom. The summed E-state index contributed by atoms with van der Waals surface area (Å²) < 4.78 is 10.7. The van der Waals surface area contributed by atoms with E-state index in [-0.39, 0.29) is 0 Å². The lowest BCUT2D eigenvalue weighted by molar-refractivity contribution is 0.354. The molecule has 0 radical (unpaired) electrons. The fraction of sp³-hybridized carbons (Fsp3) is 0.650. The average molecular weight is 345 g/mol. The van der Waals surface area contributed by atoms with E-state index in [2.05, 4.69) is 17.6 Å². The first kappa shape index (κ1) is 17.9. The van der Waals surface area contributed by atoms with Crippen LogP contribution in [0.1, 0.15) is 38.2 Å². The zero-order chi connectivity index (χ0) is 17.6. The van der Waals surface area contributed by atoms with Crippen molar-refractivity contribution in [1.29, 1.82) is 0 Å². The molecule has 138 valence electrons. The van der Waals surface area contributed by atoms with E-state index in [0.29, 0.717) is 6.54 Å². The van der Waals surface area contributed by atoms with Crippen LogP contribution in [0.2, 0.25) is 0 Å². The second kappa shape index (κ2) is 8.45. The van der Waals surface area contributed by atoms with E-state index in [1.165, 1.54) is 25.7 Å². The second-order valence-electron chi connectivity index (χ2n) is 7.10. The number of guanidine groups is 1. The molecule has 0 aliphatic heterocycles. The molecule has 1 aromatic rings. The van der Waals surface area contributed by atoms with Gasteiger partial charge >= 0.3 is 0 Å². The van der Waals surface area contributed by atoms with E-state index in [0.717, 1.165) is 53.9 Å². The Hall–Kier alpha value is -1.91. The highest BCUT2D eigenvalue weighted by Gasteiger charge is 2.41. The molecule has 0 aromatic heterocycles. The summed E-state index contributed by atoms with van der Waals surface area (Å²) in [5.74, 6) is 5.14. The molecule has 0 heterocycles. The molecule has 0 bridgehead atoms. The maximum atomic E-state index is 5.37. The highest BCUT2D eigenvalue weighted by atomic mass is 16.5. The highest BCUT2D eigenvalue weighted by molar-refractivity contribution is 5.79. The Labute approximate surface area is 151 Å². The first-order valence-electron chi connectivity index (χ1n) is 9.48. The molecule has 0 saturated heterocycles. The number of aliphatic imine (C=N–C) groups is 1. The number of nitrogens with one attached hydrogen (secondary N) is 2. The zero-order valence-corrected chi connectivity index (χ0v) is 15.7. The lowest BCUT2D eigenvalue weighted by Crippen LogP contribution is -2.40. The van der Waals surface area contributed by atoms with Crippen LogP contribution in [0.15, 0.2) is 23.2 Å². The molecular weight excluding hydrogens is 314 g/mol. The Morgan fingerprint density at radius 3 is 2.32 bits per heavy atom. The van der Waals surface area contributed by atoms with Crippen molar-refractivity contribution in [1.82, 2.24) is 10.6 Å². The molecule has 0 atom stereocenters. The largest absolute Gasteiger partial charge is 0.493 e. The molecule has 5 nitrogen and oxygen atoms in total. The van der Waals surface area contributed by atoms with Crippen LogP contribution in [0.25, 0.3) is 0 Å². The number of hydrogen-bond donors (Lipinski definition) is 2. The maximum absolute atomic E-state index is 5.37. The van der Waals surface area contributed by atoms with E-state index < -0.39 is 0 Å². The molecule has 5 heteroatoms. The monoisotopic (exact) mass is 345 g/mol. The summed E-state index contributed by atoms with van der Waals surface area (Å²) in [4.78, 5) is 4.74. The molecule has 0 spiro atoms. The van der Waals surface area contributed by atoms with Crippen LogP contribution in [0, 0.1) is 17.8 Å². The number of benzene rings is 1.